The zero-order valence-corrected chi connectivity index (χ0v) is 11.6. The van der Waals surface area contributed by atoms with Gasteiger partial charge in [0.2, 0.25) is 0 Å². The Kier molecular flexibility index (Phi) is 4.42. The van der Waals surface area contributed by atoms with Gasteiger partial charge in [-0.15, -0.1) is 0 Å². The van der Waals surface area contributed by atoms with Crippen molar-refractivity contribution in [3.05, 3.63) is 59.1 Å². The van der Waals surface area contributed by atoms with E-state index < -0.39 is 0 Å². The Morgan fingerprint density at radius 1 is 1.11 bits per heavy atom. The lowest BCUT2D eigenvalue weighted by atomic mass is 10.1. The van der Waals surface area contributed by atoms with Crippen LogP contribution in [0.3, 0.4) is 0 Å². The number of nitrogens with one attached hydrogen (secondary N) is 1. The first kappa shape index (κ1) is 13.4. The van der Waals surface area contributed by atoms with Crippen LogP contribution in [0.15, 0.2) is 53.6 Å². The third-order valence-electron chi connectivity index (χ3n) is 2.73. The first-order chi connectivity index (χ1) is 9.20. The van der Waals surface area contributed by atoms with Gasteiger partial charge in [0.1, 0.15) is 5.75 Å². The predicted molar refractivity (Wildman–Crippen MR) is 80.3 cm³/mol. The maximum Gasteiger partial charge on any atom is 0.118 e. The molecule has 0 atom stereocenters. The van der Waals surface area contributed by atoms with Crippen molar-refractivity contribution >= 4 is 23.0 Å². The lowest BCUT2D eigenvalue weighted by Gasteiger charge is -2.06. The summed E-state index contributed by atoms with van der Waals surface area (Å²) in [5.74, 6) is 0.829. The zero-order chi connectivity index (χ0) is 13.7. The van der Waals surface area contributed by atoms with Gasteiger partial charge in [-0.1, -0.05) is 23.7 Å². The molecule has 0 saturated heterocycles. The lowest BCUT2D eigenvalue weighted by molar-refractivity contribution is 0.415. The molecular formula is C15H15ClN2O. The Morgan fingerprint density at radius 2 is 1.79 bits per heavy atom. The fourth-order valence-corrected chi connectivity index (χ4v) is 1.77. The van der Waals surface area contributed by atoms with Gasteiger partial charge in [-0.3, -0.25) is 5.43 Å². The summed E-state index contributed by atoms with van der Waals surface area (Å²) in [6.07, 6.45) is 0. The van der Waals surface area contributed by atoms with Gasteiger partial charge in [0.25, 0.3) is 0 Å². The first-order valence-corrected chi connectivity index (χ1v) is 6.28. The highest BCUT2D eigenvalue weighted by Crippen LogP contribution is 2.20. The van der Waals surface area contributed by atoms with E-state index >= 15 is 0 Å². The van der Waals surface area contributed by atoms with E-state index in [4.69, 9.17) is 16.3 Å². The average Bonchev–Trinajstić information content (AvgIpc) is 2.46. The average molecular weight is 275 g/mol. The summed E-state index contributed by atoms with van der Waals surface area (Å²) >= 11 is 6.04. The molecular weight excluding hydrogens is 260 g/mol. The quantitative estimate of drug-likeness (QED) is 0.670. The van der Waals surface area contributed by atoms with E-state index in [2.05, 4.69) is 10.5 Å². The molecule has 0 amide bonds. The van der Waals surface area contributed by atoms with E-state index in [1.807, 2.05) is 55.5 Å². The number of halogens is 1. The SMILES string of the molecule is COc1ccc(C(C)=NNc2ccccc2Cl)cc1. The van der Waals surface area contributed by atoms with Crippen LogP contribution in [0.25, 0.3) is 0 Å². The number of hydrazone groups is 1. The molecule has 0 saturated carbocycles. The van der Waals surface area contributed by atoms with Crippen LogP contribution >= 0.6 is 11.6 Å². The Bertz CT molecular complexity index is 579. The Balaban J connectivity index is 2.12. The minimum Gasteiger partial charge on any atom is -0.497 e. The van der Waals surface area contributed by atoms with Crippen LogP contribution in [-0.4, -0.2) is 12.8 Å². The molecule has 0 aliphatic carbocycles. The highest BCUT2D eigenvalue weighted by molar-refractivity contribution is 6.33. The highest BCUT2D eigenvalue weighted by Gasteiger charge is 2.00. The van der Waals surface area contributed by atoms with Crippen molar-refractivity contribution in [3.63, 3.8) is 0 Å². The second kappa shape index (κ2) is 6.25. The van der Waals surface area contributed by atoms with Crippen LogP contribution in [0.5, 0.6) is 5.75 Å². The van der Waals surface area contributed by atoms with Crippen molar-refractivity contribution in [2.75, 3.05) is 12.5 Å². The molecule has 0 unspecified atom stereocenters. The Hall–Kier alpha value is -2.00. The summed E-state index contributed by atoms with van der Waals surface area (Å²) in [5, 5.41) is 4.97. The Labute approximate surface area is 117 Å². The fourth-order valence-electron chi connectivity index (χ4n) is 1.59. The molecule has 0 spiro atoms. The van der Waals surface area contributed by atoms with E-state index in [-0.39, 0.29) is 0 Å². The summed E-state index contributed by atoms with van der Waals surface area (Å²) in [7, 11) is 1.65. The topological polar surface area (TPSA) is 33.6 Å². The maximum atomic E-state index is 6.04. The van der Waals surface area contributed by atoms with Crippen molar-refractivity contribution in [2.24, 2.45) is 5.10 Å². The van der Waals surface area contributed by atoms with Gasteiger partial charge in [0.05, 0.1) is 23.5 Å². The molecule has 2 aromatic carbocycles. The Morgan fingerprint density at radius 3 is 2.42 bits per heavy atom. The number of rotatable bonds is 4. The van der Waals surface area contributed by atoms with Gasteiger partial charge in [-0.25, -0.2) is 0 Å². The number of para-hydroxylation sites is 1. The van der Waals surface area contributed by atoms with Crippen LogP contribution in [0, 0.1) is 0 Å². The zero-order valence-electron chi connectivity index (χ0n) is 10.9. The number of anilines is 1. The molecule has 2 rings (SSSR count). The first-order valence-electron chi connectivity index (χ1n) is 5.90. The number of hydrogen-bond donors (Lipinski definition) is 1. The van der Waals surface area contributed by atoms with Crippen LogP contribution < -0.4 is 10.2 Å². The van der Waals surface area contributed by atoms with E-state index in [0.717, 1.165) is 22.7 Å². The fraction of sp³-hybridized carbons (Fsp3) is 0.133. The van der Waals surface area contributed by atoms with Crippen LogP contribution in [0.1, 0.15) is 12.5 Å². The van der Waals surface area contributed by atoms with Gasteiger partial charge in [-0.2, -0.15) is 5.10 Å². The second-order valence-electron chi connectivity index (χ2n) is 4.02. The standard InChI is InChI=1S/C15H15ClN2O/c1-11(12-7-9-13(19-2)10-8-12)17-18-15-6-4-3-5-14(15)16/h3-10,18H,1-2H3. The predicted octanol–water partition coefficient (Wildman–Crippen LogP) is 4.18. The molecule has 0 aliphatic heterocycles. The maximum absolute atomic E-state index is 6.04. The number of ether oxygens (including phenoxy) is 1. The van der Waals surface area contributed by atoms with Crippen molar-refractivity contribution < 1.29 is 4.74 Å². The molecule has 2 aromatic rings. The van der Waals surface area contributed by atoms with Crippen LogP contribution in [-0.2, 0) is 0 Å². The second-order valence-corrected chi connectivity index (χ2v) is 4.42. The van der Waals surface area contributed by atoms with E-state index in [9.17, 15) is 0 Å². The number of nitrogens with zero attached hydrogens (tertiary/aromatic N) is 1. The number of methoxy groups -OCH3 is 1. The van der Waals surface area contributed by atoms with E-state index in [1.165, 1.54) is 0 Å². The summed E-state index contributed by atoms with van der Waals surface area (Å²) in [5.41, 5.74) is 5.66. The van der Waals surface area contributed by atoms with Crippen molar-refractivity contribution in [3.8, 4) is 5.75 Å². The smallest absolute Gasteiger partial charge is 0.118 e. The summed E-state index contributed by atoms with van der Waals surface area (Å²) in [4.78, 5) is 0. The van der Waals surface area contributed by atoms with Crippen molar-refractivity contribution in [1.82, 2.24) is 0 Å². The van der Waals surface area contributed by atoms with Crippen LogP contribution in [0.2, 0.25) is 5.02 Å². The third-order valence-corrected chi connectivity index (χ3v) is 3.06. The molecule has 0 bridgehead atoms. The lowest BCUT2D eigenvalue weighted by Crippen LogP contribution is -2.00. The van der Waals surface area contributed by atoms with Gasteiger partial charge >= 0.3 is 0 Å². The van der Waals surface area contributed by atoms with Crippen molar-refractivity contribution in [1.29, 1.82) is 0 Å². The molecule has 0 aliphatic rings. The van der Waals surface area contributed by atoms with E-state index in [1.54, 1.807) is 7.11 Å². The largest absolute Gasteiger partial charge is 0.497 e. The summed E-state index contributed by atoms with van der Waals surface area (Å²) in [6.45, 7) is 1.94. The number of benzene rings is 2. The van der Waals surface area contributed by atoms with Gasteiger partial charge in [-0.05, 0) is 48.9 Å². The minimum absolute atomic E-state index is 0.647. The molecule has 1 N–H and O–H groups in total. The normalized spacial score (nSPS) is 11.2. The third kappa shape index (κ3) is 3.48. The molecule has 19 heavy (non-hydrogen) atoms. The monoisotopic (exact) mass is 274 g/mol. The minimum atomic E-state index is 0.647. The number of hydrogen-bond acceptors (Lipinski definition) is 3. The summed E-state index contributed by atoms with van der Waals surface area (Å²) in [6, 6.07) is 15.2. The molecule has 3 nitrogen and oxygen atoms in total. The highest BCUT2D eigenvalue weighted by atomic mass is 35.5. The van der Waals surface area contributed by atoms with Gasteiger partial charge in [0, 0.05) is 0 Å². The van der Waals surface area contributed by atoms with E-state index in [0.29, 0.717) is 5.02 Å². The molecule has 4 heteroatoms. The molecule has 0 heterocycles. The molecule has 98 valence electrons. The van der Waals surface area contributed by atoms with Crippen LogP contribution in [0.4, 0.5) is 5.69 Å². The van der Waals surface area contributed by atoms with Gasteiger partial charge < -0.3 is 4.74 Å². The van der Waals surface area contributed by atoms with Gasteiger partial charge in [0.15, 0.2) is 0 Å². The van der Waals surface area contributed by atoms with Crippen molar-refractivity contribution in [2.45, 2.75) is 6.92 Å². The summed E-state index contributed by atoms with van der Waals surface area (Å²) < 4.78 is 5.12. The molecule has 0 fully saturated rings. The molecule has 0 aromatic heterocycles. The molecule has 0 radical (unpaired) electrons.